The van der Waals surface area contributed by atoms with Crippen molar-refractivity contribution in [1.29, 1.82) is 5.41 Å². The highest BCUT2D eigenvalue weighted by Gasteiger charge is 2.38. The number of hydrazine groups is 1. The zero-order chi connectivity index (χ0) is 33.6. The molecule has 7 N–H and O–H groups in total. The molecule has 45 heavy (non-hydrogen) atoms. The number of hydrogen-bond donors (Lipinski definition) is 6. The lowest BCUT2D eigenvalue weighted by Gasteiger charge is -2.22. The third kappa shape index (κ3) is 12.0. The lowest BCUT2D eigenvalue weighted by atomic mass is 10.0. The van der Waals surface area contributed by atoms with Crippen molar-refractivity contribution < 1.29 is 42.1 Å². The first-order chi connectivity index (χ1) is 21.2. The Balaban J connectivity index is 0.000000900. The van der Waals surface area contributed by atoms with Gasteiger partial charge in [-0.2, -0.15) is 13.2 Å². The third-order valence-corrected chi connectivity index (χ3v) is 5.63. The zero-order valence-electron chi connectivity index (χ0n) is 24.6. The van der Waals surface area contributed by atoms with Gasteiger partial charge in [0.15, 0.2) is 11.5 Å². The first kappa shape index (κ1) is 35.8. The number of rotatable bonds is 12. The monoisotopic (exact) mass is 633 g/mol. The lowest BCUT2D eigenvalue weighted by Crippen LogP contribution is -2.45. The molecule has 0 radical (unpaired) electrons. The predicted molar refractivity (Wildman–Crippen MR) is 159 cm³/mol. The van der Waals surface area contributed by atoms with Crippen LogP contribution in [0, 0.1) is 5.41 Å². The second kappa shape index (κ2) is 17.0. The van der Waals surface area contributed by atoms with Gasteiger partial charge in [-0.25, -0.2) is 4.79 Å². The number of carboxylic acids is 1. The molecule has 16 heteroatoms. The summed E-state index contributed by atoms with van der Waals surface area (Å²) in [5.41, 5.74) is 12.5. The first-order valence-electron chi connectivity index (χ1n) is 13.3. The maximum atomic E-state index is 13.3. The molecule has 13 nitrogen and oxygen atoms in total. The van der Waals surface area contributed by atoms with Gasteiger partial charge >= 0.3 is 12.1 Å². The van der Waals surface area contributed by atoms with Crippen molar-refractivity contribution in [2.75, 3.05) is 39.2 Å². The number of benzene rings is 2. The number of amidine groups is 1. The molecular weight excluding hydrogens is 599 g/mol. The molecular formula is C29H34F3N7O6. The number of nitrogens with one attached hydrogen (secondary N) is 4. The number of aromatic nitrogens is 1. The van der Waals surface area contributed by atoms with Crippen molar-refractivity contribution in [2.45, 2.75) is 19.1 Å². The average molecular weight is 634 g/mol. The molecule has 242 valence electrons. The number of likely N-dealkylation sites (N-methyl/N-ethyl adjacent to an activating group) is 1. The first-order valence-corrected chi connectivity index (χ1v) is 13.3. The van der Waals surface area contributed by atoms with E-state index >= 15 is 0 Å². The fourth-order valence-corrected chi connectivity index (χ4v) is 3.40. The Morgan fingerprint density at radius 3 is 2.22 bits per heavy atom. The van der Waals surface area contributed by atoms with Crippen LogP contribution in [0.1, 0.15) is 34.5 Å². The summed E-state index contributed by atoms with van der Waals surface area (Å²) in [5.74, 6) is -2.78. The number of anilines is 1. The van der Waals surface area contributed by atoms with Gasteiger partial charge in [0.2, 0.25) is 0 Å². The van der Waals surface area contributed by atoms with E-state index < -0.39 is 30.0 Å². The number of nitrogens with two attached hydrogens (primary N) is 1. The van der Waals surface area contributed by atoms with Gasteiger partial charge in [-0.15, -0.1) is 0 Å². The van der Waals surface area contributed by atoms with Crippen molar-refractivity contribution in [3.63, 3.8) is 0 Å². The van der Waals surface area contributed by atoms with E-state index in [2.05, 4.69) is 21.2 Å². The number of nitrogens with zero attached hydrogens (tertiary/aromatic N) is 2. The van der Waals surface area contributed by atoms with Gasteiger partial charge in [0, 0.05) is 30.2 Å². The number of alkyl halides is 3. The fourth-order valence-electron chi connectivity index (χ4n) is 3.40. The smallest absolute Gasteiger partial charge is 0.490 e. The van der Waals surface area contributed by atoms with Crippen LogP contribution in [0.15, 0.2) is 67.0 Å². The third-order valence-electron chi connectivity index (χ3n) is 5.63. The minimum atomic E-state index is -5.08. The normalized spacial score (nSPS) is 11.4. The maximum absolute atomic E-state index is 13.3. The van der Waals surface area contributed by atoms with E-state index in [1.165, 1.54) is 6.20 Å². The van der Waals surface area contributed by atoms with Gasteiger partial charge in [-0.3, -0.25) is 30.8 Å². The van der Waals surface area contributed by atoms with Gasteiger partial charge in [-0.1, -0.05) is 6.07 Å². The molecule has 0 fully saturated rings. The van der Waals surface area contributed by atoms with Crippen LogP contribution in [0.3, 0.4) is 0 Å². The standard InChI is InChI=1S/C27H33N7O4.C2HF3O2/c1-4-37-23-16-19(9-12-22(23)38-15-14-34(2)3)24(31-21-10-7-18(8-11-21)25(28)29)27(36)33-32-26(35)20-6-5-13-30-17-20;3-2(4,5)1(6)7/h5-13,16-17,24,31H,4,14-15H2,1-3H3,(H3,28,29)(H,32,35)(H,33,36);(H,6,7). The Hall–Kier alpha value is -5.38. The van der Waals surface area contributed by atoms with Crippen LogP contribution in [0.25, 0.3) is 0 Å². The summed E-state index contributed by atoms with van der Waals surface area (Å²) in [7, 11) is 3.92. The number of nitrogen functional groups attached to an aromatic ring is 1. The second-order valence-corrected chi connectivity index (χ2v) is 9.35. The molecule has 0 spiro atoms. The molecule has 1 aromatic heterocycles. The Kier molecular flexibility index (Phi) is 13.6. The molecule has 0 bridgehead atoms. The van der Waals surface area contributed by atoms with Gasteiger partial charge in [-0.05, 0) is 75.1 Å². The highest BCUT2D eigenvalue weighted by molar-refractivity contribution is 5.96. The molecule has 1 unspecified atom stereocenters. The Bertz CT molecular complexity index is 1440. The van der Waals surface area contributed by atoms with Gasteiger partial charge in [0.05, 0.1) is 12.2 Å². The van der Waals surface area contributed by atoms with Gasteiger partial charge in [0.25, 0.3) is 11.8 Å². The number of halogens is 3. The Morgan fingerprint density at radius 1 is 1.02 bits per heavy atom. The van der Waals surface area contributed by atoms with E-state index in [-0.39, 0.29) is 5.84 Å². The Morgan fingerprint density at radius 2 is 1.69 bits per heavy atom. The summed E-state index contributed by atoms with van der Waals surface area (Å²) in [6, 6.07) is 14.3. The lowest BCUT2D eigenvalue weighted by molar-refractivity contribution is -0.192. The minimum absolute atomic E-state index is 0.0600. The van der Waals surface area contributed by atoms with Gasteiger partial charge < -0.3 is 30.5 Å². The molecule has 1 atom stereocenters. The number of amides is 2. The fraction of sp³-hybridized carbons (Fsp3) is 0.276. The molecule has 2 amide bonds. The molecule has 3 aromatic rings. The summed E-state index contributed by atoms with van der Waals surface area (Å²) in [6.45, 7) is 3.47. The van der Waals surface area contributed by atoms with E-state index in [1.54, 1.807) is 60.8 Å². The van der Waals surface area contributed by atoms with E-state index in [1.807, 2.05) is 25.9 Å². The average Bonchev–Trinajstić information content (AvgIpc) is 2.99. The number of ether oxygens (including phenoxy) is 2. The largest absolute Gasteiger partial charge is 0.490 e. The predicted octanol–water partition coefficient (Wildman–Crippen LogP) is 2.95. The molecule has 0 saturated carbocycles. The van der Waals surface area contributed by atoms with Crippen LogP contribution < -0.4 is 31.4 Å². The summed E-state index contributed by atoms with van der Waals surface area (Å²) in [6.07, 6.45) is -2.13. The van der Waals surface area contributed by atoms with Crippen LogP contribution >= 0.6 is 0 Å². The summed E-state index contributed by atoms with van der Waals surface area (Å²) in [4.78, 5) is 40.6. The van der Waals surface area contributed by atoms with Gasteiger partial charge in [0.1, 0.15) is 18.5 Å². The van der Waals surface area contributed by atoms with E-state index in [9.17, 15) is 22.8 Å². The van der Waals surface area contributed by atoms with E-state index in [0.717, 1.165) is 6.54 Å². The molecule has 3 rings (SSSR count). The topological polar surface area (TPSA) is 192 Å². The van der Waals surface area contributed by atoms with Crippen molar-refractivity contribution in [2.24, 2.45) is 5.73 Å². The molecule has 0 aliphatic rings. The highest BCUT2D eigenvalue weighted by Crippen LogP contribution is 2.32. The van der Waals surface area contributed by atoms with Crippen LogP contribution in [-0.4, -0.2) is 78.6 Å². The molecule has 0 aliphatic heterocycles. The molecule has 0 aliphatic carbocycles. The van der Waals surface area contributed by atoms with Crippen molar-refractivity contribution in [3.8, 4) is 11.5 Å². The summed E-state index contributed by atoms with van der Waals surface area (Å²) in [5, 5.41) is 17.9. The zero-order valence-corrected chi connectivity index (χ0v) is 24.6. The summed E-state index contributed by atoms with van der Waals surface area (Å²) < 4.78 is 43.4. The second-order valence-electron chi connectivity index (χ2n) is 9.35. The molecule has 2 aromatic carbocycles. The maximum Gasteiger partial charge on any atom is 0.490 e. The number of pyridine rings is 1. The van der Waals surface area contributed by atoms with Crippen LogP contribution in [0.5, 0.6) is 11.5 Å². The molecule has 1 heterocycles. The Labute approximate surface area is 257 Å². The number of carboxylic acid groups (broad SMARTS) is 1. The minimum Gasteiger partial charge on any atom is -0.490 e. The number of carbonyl (C=O) groups is 3. The van der Waals surface area contributed by atoms with Crippen LogP contribution in [0.2, 0.25) is 0 Å². The number of carbonyl (C=O) groups excluding carboxylic acids is 2. The quantitative estimate of drug-likeness (QED) is 0.0982. The SMILES string of the molecule is CCOc1cc(C(Nc2ccc(C(=N)N)cc2)C(=O)NNC(=O)c2cccnc2)ccc1OCCN(C)C.O=C(O)C(F)(F)F. The van der Waals surface area contributed by atoms with Crippen molar-refractivity contribution in [3.05, 3.63) is 83.7 Å². The molecule has 0 saturated heterocycles. The number of hydrogen-bond acceptors (Lipinski definition) is 9. The van der Waals surface area contributed by atoms with Crippen LogP contribution in [-0.2, 0) is 9.59 Å². The van der Waals surface area contributed by atoms with Crippen molar-refractivity contribution >= 4 is 29.3 Å². The van der Waals surface area contributed by atoms with Crippen LogP contribution in [0.4, 0.5) is 18.9 Å². The van der Waals surface area contributed by atoms with E-state index in [0.29, 0.717) is 47.1 Å². The number of aliphatic carboxylic acids is 1. The van der Waals surface area contributed by atoms with E-state index in [4.69, 9.17) is 30.5 Å². The highest BCUT2D eigenvalue weighted by atomic mass is 19.4. The summed E-state index contributed by atoms with van der Waals surface area (Å²) >= 11 is 0. The van der Waals surface area contributed by atoms with Crippen molar-refractivity contribution in [1.82, 2.24) is 20.7 Å².